The Morgan fingerprint density at radius 3 is 2.76 bits per heavy atom. The van der Waals surface area contributed by atoms with Crippen LogP contribution in [0.15, 0.2) is 53.7 Å². The van der Waals surface area contributed by atoms with Crippen LogP contribution in [0.25, 0.3) is 11.3 Å². The Bertz CT molecular complexity index is 1130. The first-order valence-electron chi connectivity index (χ1n) is 11.5. The Hall–Kier alpha value is -3.33. The van der Waals surface area contributed by atoms with Crippen molar-refractivity contribution < 1.29 is 19.0 Å². The molecule has 0 bridgehead atoms. The predicted molar refractivity (Wildman–Crippen MR) is 131 cm³/mol. The minimum atomic E-state index is -0.615. The molecule has 1 aliphatic heterocycles. The summed E-state index contributed by atoms with van der Waals surface area (Å²) in [5, 5.41) is 12.8. The van der Waals surface area contributed by atoms with E-state index in [1.165, 1.54) is 6.42 Å². The Balaban J connectivity index is 1.64. The van der Waals surface area contributed by atoms with Gasteiger partial charge in [-0.25, -0.2) is 4.79 Å². The van der Waals surface area contributed by atoms with Crippen molar-refractivity contribution in [3.8, 4) is 22.9 Å². The molecule has 0 saturated heterocycles. The molecule has 0 amide bonds. The van der Waals surface area contributed by atoms with Crippen molar-refractivity contribution in [3.63, 3.8) is 0 Å². The minimum absolute atomic E-state index is 0.187. The van der Waals surface area contributed by atoms with Crippen LogP contribution in [0.4, 0.5) is 5.69 Å². The number of thioether (sulfide) groups is 1. The van der Waals surface area contributed by atoms with Crippen molar-refractivity contribution in [1.29, 1.82) is 0 Å². The first-order valence-corrected chi connectivity index (χ1v) is 12.5. The summed E-state index contributed by atoms with van der Waals surface area (Å²) in [7, 11) is 0. The van der Waals surface area contributed by atoms with Gasteiger partial charge >= 0.3 is 5.97 Å². The molecule has 0 saturated carbocycles. The van der Waals surface area contributed by atoms with E-state index in [4.69, 9.17) is 14.2 Å². The van der Waals surface area contributed by atoms with E-state index in [0.29, 0.717) is 29.1 Å². The number of nitrogens with one attached hydrogen (secondary N) is 1. The molecule has 1 aliphatic rings. The summed E-state index contributed by atoms with van der Waals surface area (Å²) in [6.45, 7) is 4.05. The molecule has 9 heteroatoms. The molecular weight excluding hydrogens is 452 g/mol. The molecule has 0 radical (unpaired) electrons. The molecule has 2 aromatic carbocycles. The predicted octanol–water partition coefficient (Wildman–Crippen LogP) is 5.27. The summed E-state index contributed by atoms with van der Waals surface area (Å²) in [6.07, 6.45) is 2.81. The standard InChI is InChI=1S/C25H28N4O4S/c1-3-5-10-15-34-25-27-24-22(28-29-25)17-11-6-8-13-19(17)26-23(33-24)18-12-7-9-14-20(18)32-16-21(30)31-4-2/h6-9,11-14,23,26H,3-5,10,15-16H2,1-2H3/t23-/m1/s1. The number of ether oxygens (including phenoxy) is 3. The highest BCUT2D eigenvalue weighted by Crippen LogP contribution is 2.41. The van der Waals surface area contributed by atoms with Crippen LogP contribution in [0.3, 0.4) is 0 Å². The van der Waals surface area contributed by atoms with Gasteiger partial charge in [-0.15, -0.1) is 10.2 Å². The van der Waals surface area contributed by atoms with Gasteiger partial charge in [-0.3, -0.25) is 0 Å². The second-order valence-corrected chi connectivity index (χ2v) is 8.69. The molecule has 178 valence electrons. The number of rotatable bonds is 10. The van der Waals surface area contributed by atoms with Crippen molar-refractivity contribution in [2.24, 2.45) is 0 Å². The van der Waals surface area contributed by atoms with Crippen LogP contribution in [0.2, 0.25) is 0 Å². The Kier molecular flexibility index (Phi) is 8.19. The highest BCUT2D eigenvalue weighted by atomic mass is 32.2. The summed E-state index contributed by atoms with van der Waals surface area (Å²) in [6, 6.07) is 15.2. The third kappa shape index (κ3) is 5.77. The maximum atomic E-state index is 11.8. The van der Waals surface area contributed by atoms with E-state index in [-0.39, 0.29) is 6.61 Å². The summed E-state index contributed by atoms with van der Waals surface area (Å²) in [5.74, 6) is 1.42. The highest BCUT2D eigenvalue weighted by molar-refractivity contribution is 7.99. The number of fused-ring (bicyclic) bond motifs is 3. The molecule has 0 aliphatic carbocycles. The second-order valence-electron chi connectivity index (χ2n) is 7.62. The fourth-order valence-electron chi connectivity index (χ4n) is 3.53. The normalized spacial score (nSPS) is 14.1. The van der Waals surface area contributed by atoms with Gasteiger partial charge in [0, 0.05) is 17.0 Å². The number of para-hydroxylation sites is 2. The van der Waals surface area contributed by atoms with Gasteiger partial charge in [0.2, 0.25) is 17.3 Å². The van der Waals surface area contributed by atoms with Crippen molar-refractivity contribution in [1.82, 2.24) is 15.2 Å². The Morgan fingerprint density at radius 2 is 1.91 bits per heavy atom. The van der Waals surface area contributed by atoms with Crippen molar-refractivity contribution in [3.05, 3.63) is 54.1 Å². The molecule has 1 atom stereocenters. The summed E-state index contributed by atoms with van der Waals surface area (Å²) >= 11 is 1.58. The van der Waals surface area contributed by atoms with E-state index in [1.54, 1.807) is 24.8 Å². The van der Waals surface area contributed by atoms with Crippen LogP contribution in [-0.2, 0) is 9.53 Å². The van der Waals surface area contributed by atoms with E-state index < -0.39 is 12.2 Å². The SMILES string of the molecule is CCCCCSc1nnc2c(n1)O[C@H](c1ccccc1OCC(=O)OCC)Nc1ccccc1-2. The number of carbonyl (C=O) groups is 1. The van der Waals surface area contributed by atoms with E-state index in [2.05, 4.69) is 27.4 Å². The highest BCUT2D eigenvalue weighted by Gasteiger charge is 2.28. The van der Waals surface area contributed by atoms with Gasteiger partial charge in [0.1, 0.15) is 5.75 Å². The molecule has 4 rings (SSSR count). The van der Waals surface area contributed by atoms with Gasteiger partial charge in [0.15, 0.2) is 12.3 Å². The number of unbranched alkanes of at least 4 members (excludes halogenated alkanes) is 2. The Labute approximate surface area is 203 Å². The van der Waals surface area contributed by atoms with E-state index in [1.807, 2.05) is 42.5 Å². The van der Waals surface area contributed by atoms with Gasteiger partial charge in [-0.05, 0) is 31.5 Å². The third-order valence-corrected chi connectivity index (χ3v) is 6.09. The zero-order valence-electron chi connectivity index (χ0n) is 19.3. The van der Waals surface area contributed by atoms with Crippen LogP contribution < -0.4 is 14.8 Å². The van der Waals surface area contributed by atoms with Crippen LogP contribution in [0.1, 0.15) is 44.9 Å². The van der Waals surface area contributed by atoms with Crippen LogP contribution >= 0.6 is 11.8 Å². The maximum Gasteiger partial charge on any atom is 0.344 e. The number of hydrogen-bond acceptors (Lipinski definition) is 9. The lowest BCUT2D eigenvalue weighted by Crippen LogP contribution is -2.20. The number of esters is 1. The smallest absolute Gasteiger partial charge is 0.344 e. The molecule has 0 spiro atoms. The molecule has 1 N–H and O–H groups in total. The van der Waals surface area contributed by atoms with Crippen LogP contribution in [-0.4, -0.2) is 40.1 Å². The van der Waals surface area contributed by atoms with E-state index >= 15 is 0 Å². The lowest BCUT2D eigenvalue weighted by atomic mass is 10.1. The average molecular weight is 481 g/mol. The first-order chi connectivity index (χ1) is 16.7. The second kappa shape index (κ2) is 11.7. The van der Waals surface area contributed by atoms with Gasteiger partial charge < -0.3 is 19.5 Å². The molecular formula is C25H28N4O4S. The summed E-state index contributed by atoms with van der Waals surface area (Å²) in [5.41, 5.74) is 3.00. The third-order valence-electron chi connectivity index (χ3n) is 5.16. The lowest BCUT2D eigenvalue weighted by molar-refractivity contribution is -0.145. The fourth-order valence-corrected chi connectivity index (χ4v) is 4.31. The molecule has 0 fully saturated rings. The molecule has 34 heavy (non-hydrogen) atoms. The number of carbonyl (C=O) groups excluding carboxylic acids is 1. The number of hydrogen-bond donors (Lipinski definition) is 1. The zero-order valence-corrected chi connectivity index (χ0v) is 20.1. The lowest BCUT2D eigenvalue weighted by Gasteiger charge is -2.21. The molecule has 0 unspecified atom stereocenters. The van der Waals surface area contributed by atoms with Crippen molar-refractivity contribution in [2.45, 2.75) is 44.5 Å². The van der Waals surface area contributed by atoms with Crippen LogP contribution in [0, 0.1) is 0 Å². The monoisotopic (exact) mass is 480 g/mol. The quantitative estimate of drug-likeness (QED) is 0.237. The van der Waals surface area contributed by atoms with Gasteiger partial charge in [-0.2, -0.15) is 4.98 Å². The fraction of sp³-hybridized carbons (Fsp3) is 0.360. The Morgan fingerprint density at radius 1 is 1.09 bits per heavy atom. The van der Waals surface area contributed by atoms with Crippen molar-refractivity contribution >= 4 is 23.4 Å². The molecule has 2 heterocycles. The largest absolute Gasteiger partial charge is 0.481 e. The number of aromatic nitrogens is 3. The van der Waals surface area contributed by atoms with Crippen molar-refractivity contribution in [2.75, 3.05) is 24.3 Å². The minimum Gasteiger partial charge on any atom is -0.481 e. The average Bonchev–Trinajstić information content (AvgIpc) is 3.02. The maximum absolute atomic E-state index is 11.8. The van der Waals surface area contributed by atoms with Gasteiger partial charge in [0.05, 0.1) is 12.2 Å². The summed E-state index contributed by atoms with van der Waals surface area (Å²) in [4.78, 5) is 16.5. The number of benzene rings is 2. The van der Waals surface area contributed by atoms with E-state index in [9.17, 15) is 4.79 Å². The first kappa shape index (κ1) is 23.8. The number of anilines is 1. The topological polar surface area (TPSA) is 95.5 Å². The zero-order chi connectivity index (χ0) is 23.8. The van der Waals surface area contributed by atoms with E-state index in [0.717, 1.165) is 35.4 Å². The van der Waals surface area contributed by atoms with Gasteiger partial charge in [-0.1, -0.05) is 61.9 Å². The number of nitrogens with zero attached hydrogens (tertiary/aromatic N) is 3. The molecule has 8 nitrogen and oxygen atoms in total. The van der Waals surface area contributed by atoms with Crippen LogP contribution in [0.5, 0.6) is 11.6 Å². The summed E-state index contributed by atoms with van der Waals surface area (Å²) < 4.78 is 17.1. The van der Waals surface area contributed by atoms with Gasteiger partial charge in [0.25, 0.3) is 0 Å². The molecule has 3 aromatic rings. The molecule has 1 aromatic heterocycles.